The lowest BCUT2D eigenvalue weighted by molar-refractivity contribution is -0.123. The van der Waals surface area contributed by atoms with Gasteiger partial charge < -0.3 is 14.7 Å². The number of carbonyl (C=O) groups excluding carboxylic acids is 1. The SMILES string of the molecule is CCCCO[C@H]1[C@H](O)C=C2C=C3C(=C(C)C(=O)N3C)C[C@]2(C)[C@H]1C. The Kier molecular flexibility index (Phi) is 4.47. The topological polar surface area (TPSA) is 49.8 Å². The normalized spacial score (nSPS) is 35.7. The smallest absolute Gasteiger partial charge is 0.254 e. The number of aliphatic hydroxyl groups is 1. The summed E-state index contributed by atoms with van der Waals surface area (Å²) in [4.78, 5) is 14.0. The maximum Gasteiger partial charge on any atom is 0.254 e. The molecule has 1 aliphatic heterocycles. The van der Waals surface area contributed by atoms with E-state index in [2.05, 4.69) is 26.8 Å². The van der Waals surface area contributed by atoms with Gasteiger partial charge in [-0.3, -0.25) is 4.79 Å². The summed E-state index contributed by atoms with van der Waals surface area (Å²) in [5.41, 5.74) is 4.02. The summed E-state index contributed by atoms with van der Waals surface area (Å²) in [7, 11) is 1.83. The van der Waals surface area contributed by atoms with E-state index < -0.39 is 6.10 Å². The number of fused-ring (bicyclic) bond motifs is 2. The number of nitrogens with zero attached hydrogens (tertiary/aromatic N) is 1. The van der Waals surface area contributed by atoms with E-state index in [1.807, 2.05) is 20.0 Å². The van der Waals surface area contributed by atoms with E-state index in [4.69, 9.17) is 4.74 Å². The highest BCUT2D eigenvalue weighted by atomic mass is 16.5. The van der Waals surface area contributed by atoms with Crippen LogP contribution >= 0.6 is 0 Å². The maximum absolute atomic E-state index is 12.3. The van der Waals surface area contributed by atoms with Gasteiger partial charge in [-0.05, 0) is 49.0 Å². The summed E-state index contributed by atoms with van der Waals surface area (Å²) < 4.78 is 6.03. The monoisotopic (exact) mass is 331 g/mol. The summed E-state index contributed by atoms with van der Waals surface area (Å²) in [6.07, 6.45) is 6.18. The minimum atomic E-state index is -0.592. The Balaban J connectivity index is 1.97. The van der Waals surface area contributed by atoms with Crippen LogP contribution in [0, 0.1) is 11.3 Å². The van der Waals surface area contributed by atoms with Crippen molar-refractivity contribution in [3.63, 3.8) is 0 Å². The van der Waals surface area contributed by atoms with E-state index in [0.29, 0.717) is 6.61 Å². The van der Waals surface area contributed by atoms with Crippen molar-refractivity contribution in [2.24, 2.45) is 11.3 Å². The Hall–Kier alpha value is -1.39. The molecule has 4 heteroatoms. The van der Waals surface area contributed by atoms with Crippen LogP contribution in [0.25, 0.3) is 0 Å². The lowest BCUT2D eigenvalue weighted by Crippen LogP contribution is -2.48. The van der Waals surface area contributed by atoms with E-state index >= 15 is 0 Å². The number of hydrogen-bond donors (Lipinski definition) is 1. The molecule has 0 fully saturated rings. The van der Waals surface area contributed by atoms with Crippen molar-refractivity contribution >= 4 is 5.91 Å². The maximum atomic E-state index is 12.3. The fourth-order valence-corrected chi connectivity index (χ4v) is 4.28. The highest BCUT2D eigenvalue weighted by molar-refractivity contribution is 6.00. The first-order chi connectivity index (χ1) is 11.3. The fourth-order valence-electron chi connectivity index (χ4n) is 4.28. The molecule has 1 amide bonds. The molecule has 0 aromatic heterocycles. The van der Waals surface area contributed by atoms with Gasteiger partial charge in [-0.15, -0.1) is 0 Å². The Morgan fingerprint density at radius 3 is 2.83 bits per heavy atom. The summed E-state index contributed by atoms with van der Waals surface area (Å²) in [6.45, 7) is 9.15. The molecule has 2 aliphatic carbocycles. The van der Waals surface area contributed by atoms with Gasteiger partial charge in [0.2, 0.25) is 0 Å². The van der Waals surface area contributed by atoms with Crippen molar-refractivity contribution < 1.29 is 14.6 Å². The molecular formula is C20H29NO3. The number of hydrogen-bond acceptors (Lipinski definition) is 3. The third kappa shape index (κ3) is 2.47. The molecule has 3 rings (SSSR count). The lowest BCUT2D eigenvalue weighted by Gasteiger charge is -2.48. The largest absolute Gasteiger partial charge is 0.386 e. The van der Waals surface area contributed by atoms with Gasteiger partial charge in [-0.1, -0.05) is 27.2 Å². The highest BCUT2D eigenvalue weighted by Crippen LogP contribution is 2.54. The van der Waals surface area contributed by atoms with E-state index in [1.165, 1.54) is 0 Å². The first kappa shape index (κ1) is 17.4. The zero-order chi connectivity index (χ0) is 17.6. The summed E-state index contributed by atoms with van der Waals surface area (Å²) in [5, 5.41) is 10.6. The minimum Gasteiger partial charge on any atom is -0.386 e. The van der Waals surface area contributed by atoms with Crippen LogP contribution in [-0.4, -0.2) is 41.8 Å². The molecule has 0 unspecified atom stereocenters. The summed E-state index contributed by atoms with van der Waals surface area (Å²) in [5.74, 6) is 0.270. The van der Waals surface area contributed by atoms with Crippen LogP contribution in [-0.2, 0) is 9.53 Å². The van der Waals surface area contributed by atoms with Crippen molar-refractivity contribution in [1.82, 2.24) is 4.90 Å². The highest BCUT2D eigenvalue weighted by Gasteiger charge is 2.49. The van der Waals surface area contributed by atoms with Gasteiger partial charge >= 0.3 is 0 Å². The third-order valence-corrected chi connectivity index (χ3v) is 6.24. The molecule has 132 valence electrons. The molecule has 1 N–H and O–H groups in total. The quantitative estimate of drug-likeness (QED) is 0.805. The van der Waals surface area contributed by atoms with Crippen molar-refractivity contribution in [2.45, 2.75) is 59.2 Å². The van der Waals surface area contributed by atoms with Gasteiger partial charge in [0.15, 0.2) is 0 Å². The van der Waals surface area contributed by atoms with Crippen LogP contribution in [0.4, 0.5) is 0 Å². The molecule has 4 atom stereocenters. The minimum absolute atomic E-state index is 0.0862. The van der Waals surface area contributed by atoms with Crippen molar-refractivity contribution in [3.8, 4) is 0 Å². The van der Waals surface area contributed by atoms with Gasteiger partial charge in [0, 0.05) is 30.3 Å². The number of likely N-dealkylation sites (N-methyl/N-ethyl adjacent to an activating group) is 1. The average molecular weight is 331 g/mol. The Morgan fingerprint density at radius 1 is 1.46 bits per heavy atom. The number of rotatable bonds is 4. The zero-order valence-electron chi connectivity index (χ0n) is 15.4. The number of unbranched alkanes of at least 4 members (excludes halogenated alkanes) is 1. The van der Waals surface area contributed by atoms with Gasteiger partial charge in [0.25, 0.3) is 5.91 Å². The molecule has 1 heterocycles. The Bertz CT molecular complexity index is 645. The van der Waals surface area contributed by atoms with Crippen LogP contribution in [0.2, 0.25) is 0 Å². The van der Waals surface area contributed by atoms with Crippen LogP contribution in [0.1, 0.15) is 47.0 Å². The van der Waals surface area contributed by atoms with E-state index in [-0.39, 0.29) is 23.3 Å². The molecule has 0 radical (unpaired) electrons. The van der Waals surface area contributed by atoms with Crippen LogP contribution in [0.15, 0.2) is 34.6 Å². The lowest BCUT2D eigenvalue weighted by atomic mass is 9.59. The molecule has 3 aliphatic rings. The number of carbonyl (C=O) groups is 1. The van der Waals surface area contributed by atoms with Gasteiger partial charge in [-0.2, -0.15) is 0 Å². The fraction of sp³-hybridized carbons (Fsp3) is 0.650. The molecule has 0 saturated heterocycles. The van der Waals surface area contributed by atoms with Crippen LogP contribution in [0.5, 0.6) is 0 Å². The number of aliphatic hydroxyl groups excluding tert-OH is 1. The summed E-state index contributed by atoms with van der Waals surface area (Å²) in [6, 6.07) is 0. The third-order valence-electron chi connectivity index (χ3n) is 6.24. The van der Waals surface area contributed by atoms with Crippen molar-refractivity contribution in [3.05, 3.63) is 34.6 Å². The first-order valence-corrected chi connectivity index (χ1v) is 9.03. The van der Waals surface area contributed by atoms with E-state index in [1.54, 1.807) is 4.90 Å². The number of amides is 1. The first-order valence-electron chi connectivity index (χ1n) is 9.03. The van der Waals surface area contributed by atoms with Gasteiger partial charge in [-0.25, -0.2) is 0 Å². The van der Waals surface area contributed by atoms with Crippen molar-refractivity contribution in [1.29, 1.82) is 0 Å². The average Bonchev–Trinajstić information content (AvgIpc) is 2.75. The van der Waals surface area contributed by atoms with Crippen molar-refractivity contribution in [2.75, 3.05) is 13.7 Å². The predicted octanol–water partition coefficient (Wildman–Crippen LogP) is 3.19. The summed E-state index contributed by atoms with van der Waals surface area (Å²) >= 11 is 0. The molecule has 0 aromatic carbocycles. The standard InChI is InChI=1S/C20H29NO3/c1-6-7-8-24-18-13(3)20(4)11-15-12(2)19(23)21(5)16(15)9-14(20)10-17(18)22/h9-10,13,17-18,22H,6-8,11H2,1-5H3/t13-,17+,18+,20+/m0/s1. The van der Waals surface area contributed by atoms with Crippen LogP contribution < -0.4 is 0 Å². The zero-order valence-corrected chi connectivity index (χ0v) is 15.4. The molecular weight excluding hydrogens is 302 g/mol. The second kappa shape index (κ2) is 6.16. The Morgan fingerprint density at radius 2 is 2.17 bits per heavy atom. The molecule has 4 nitrogen and oxygen atoms in total. The number of allylic oxidation sites excluding steroid dienone is 3. The van der Waals surface area contributed by atoms with Crippen LogP contribution in [0.3, 0.4) is 0 Å². The number of ether oxygens (including phenoxy) is 1. The molecule has 0 aromatic rings. The predicted molar refractivity (Wildman–Crippen MR) is 94.2 cm³/mol. The molecule has 24 heavy (non-hydrogen) atoms. The molecule has 0 saturated carbocycles. The van der Waals surface area contributed by atoms with Gasteiger partial charge in [0.05, 0.1) is 12.2 Å². The molecule has 0 spiro atoms. The van der Waals surface area contributed by atoms with E-state index in [0.717, 1.165) is 41.7 Å². The second-order valence-corrected chi connectivity index (χ2v) is 7.68. The second-order valence-electron chi connectivity index (χ2n) is 7.68. The van der Waals surface area contributed by atoms with E-state index in [9.17, 15) is 9.90 Å². The molecule has 0 bridgehead atoms. The van der Waals surface area contributed by atoms with Gasteiger partial charge in [0.1, 0.15) is 0 Å². The Labute approximate surface area is 144 Å².